The molecule has 1 aromatic heterocycles. The van der Waals surface area contributed by atoms with Crippen LogP contribution in [0.4, 0.5) is 10.5 Å². The van der Waals surface area contributed by atoms with Crippen molar-refractivity contribution in [1.82, 2.24) is 20.6 Å². The molecule has 0 radical (unpaired) electrons. The van der Waals surface area contributed by atoms with Gasteiger partial charge in [0.2, 0.25) is 5.91 Å². The molecule has 2 aromatic rings. The molecule has 43 heavy (non-hydrogen) atoms. The van der Waals surface area contributed by atoms with Gasteiger partial charge in [-0.2, -0.15) is 5.10 Å². The average molecular weight is 612 g/mol. The van der Waals surface area contributed by atoms with E-state index < -0.39 is 31.6 Å². The third-order valence-electron chi connectivity index (χ3n) is 8.00. The number of nitrogens with zero attached hydrogens (tertiary/aromatic N) is 2. The van der Waals surface area contributed by atoms with Crippen molar-refractivity contribution in [2.24, 2.45) is 23.7 Å². The van der Waals surface area contributed by atoms with Crippen molar-refractivity contribution in [3.05, 3.63) is 35.7 Å². The number of hydrogen-bond acceptors (Lipinski definition) is 6. The van der Waals surface area contributed by atoms with Gasteiger partial charge in [0, 0.05) is 31.6 Å². The Labute approximate surface area is 256 Å². The third-order valence-corrected chi connectivity index (χ3v) is 9.71. The minimum atomic E-state index is -1.16. The van der Waals surface area contributed by atoms with Crippen LogP contribution in [0.15, 0.2) is 24.3 Å². The monoisotopic (exact) mass is 611 g/mol. The van der Waals surface area contributed by atoms with E-state index in [4.69, 9.17) is 14.6 Å². The highest BCUT2D eigenvalue weighted by molar-refractivity contribution is 6.76. The highest BCUT2D eigenvalue weighted by Gasteiger charge is 2.50. The molecule has 2 aliphatic carbocycles. The molecule has 3 N–H and O–H groups in total. The summed E-state index contributed by atoms with van der Waals surface area (Å²) in [5, 5.41) is 7.67. The van der Waals surface area contributed by atoms with Crippen LogP contribution in [0.2, 0.25) is 25.7 Å². The molecule has 11 heteroatoms. The van der Waals surface area contributed by atoms with Crippen LogP contribution in [-0.4, -0.2) is 48.0 Å². The van der Waals surface area contributed by atoms with E-state index in [0.717, 1.165) is 60.8 Å². The maximum absolute atomic E-state index is 13.6. The number of carbonyl (C=O) groups excluding carboxylic acids is 3. The topological polar surface area (TPSA) is 124 Å². The normalized spacial score (nSPS) is 16.1. The largest absolute Gasteiger partial charge is 0.443 e. The molecule has 0 saturated heterocycles. The zero-order valence-electron chi connectivity index (χ0n) is 27.0. The minimum absolute atomic E-state index is 0.0520. The van der Waals surface area contributed by atoms with Crippen molar-refractivity contribution in [1.29, 1.82) is 0 Å². The summed E-state index contributed by atoms with van der Waals surface area (Å²) < 4.78 is 13.1. The first-order chi connectivity index (χ1) is 20.1. The molecule has 1 atom stereocenters. The van der Waals surface area contributed by atoms with Gasteiger partial charge >= 0.3 is 6.09 Å². The second-order valence-electron chi connectivity index (χ2n) is 14.3. The zero-order chi connectivity index (χ0) is 31.5. The summed E-state index contributed by atoms with van der Waals surface area (Å²) in [7, 11) is -1.16. The van der Waals surface area contributed by atoms with Crippen molar-refractivity contribution in [3.63, 3.8) is 0 Å². The fourth-order valence-electron chi connectivity index (χ4n) is 5.56. The lowest BCUT2D eigenvalue weighted by Crippen LogP contribution is -2.51. The number of rotatable bonds is 12. The van der Waals surface area contributed by atoms with Gasteiger partial charge in [-0.3, -0.25) is 15.0 Å². The van der Waals surface area contributed by atoms with Crippen molar-refractivity contribution in [3.8, 4) is 11.1 Å². The van der Waals surface area contributed by atoms with E-state index in [2.05, 4.69) is 35.8 Å². The highest BCUT2D eigenvalue weighted by Crippen LogP contribution is 2.52. The molecule has 2 aliphatic rings. The number of carbonyl (C=O) groups is 3. The molecular weight excluding hydrogens is 562 g/mol. The number of aryl methyl sites for hydroxylation is 1. The van der Waals surface area contributed by atoms with Crippen LogP contribution in [0.25, 0.3) is 11.1 Å². The molecule has 1 aromatic carbocycles. The van der Waals surface area contributed by atoms with Crippen LogP contribution >= 0.6 is 0 Å². The van der Waals surface area contributed by atoms with Gasteiger partial charge < -0.3 is 14.8 Å². The van der Waals surface area contributed by atoms with Crippen molar-refractivity contribution in [2.45, 2.75) is 98.3 Å². The predicted octanol–water partition coefficient (Wildman–Crippen LogP) is 6.03. The van der Waals surface area contributed by atoms with E-state index >= 15 is 0 Å². The lowest BCUT2D eigenvalue weighted by atomic mass is 9.82. The van der Waals surface area contributed by atoms with Crippen molar-refractivity contribution < 1.29 is 23.9 Å². The molecule has 4 rings (SSSR count). The molecule has 2 saturated carbocycles. The Kier molecular flexibility index (Phi) is 10.1. The maximum Gasteiger partial charge on any atom is 0.426 e. The number of ether oxygens (including phenoxy) is 2. The summed E-state index contributed by atoms with van der Waals surface area (Å²) in [5.41, 5.74) is 8.63. The molecule has 10 nitrogen and oxygen atoms in total. The Morgan fingerprint density at radius 1 is 0.977 bits per heavy atom. The van der Waals surface area contributed by atoms with E-state index in [0.29, 0.717) is 24.3 Å². The van der Waals surface area contributed by atoms with Gasteiger partial charge in [-0.1, -0.05) is 31.8 Å². The SMILES string of the molecule is Cc1nn(COCC[Si](C)(C)C)c(C)c1-c1ccc(NC(=O)C(C(=O)NNC(=O)OC(C)(C)C)C(C2CC2)C2CC2)cc1. The quantitative estimate of drug-likeness (QED) is 0.117. The summed E-state index contributed by atoms with van der Waals surface area (Å²) in [5.74, 6) is -1.16. The van der Waals surface area contributed by atoms with Crippen LogP contribution in [0, 0.1) is 37.5 Å². The van der Waals surface area contributed by atoms with E-state index in [1.165, 1.54) is 0 Å². The summed E-state index contributed by atoms with van der Waals surface area (Å²) in [6, 6.07) is 8.73. The Morgan fingerprint density at radius 3 is 2.12 bits per heavy atom. The van der Waals surface area contributed by atoms with E-state index in [9.17, 15) is 14.4 Å². The summed E-state index contributed by atoms with van der Waals surface area (Å²) in [6.07, 6.45) is 3.30. The second-order valence-corrected chi connectivity index (χ2v) is 19.9. The first-order valence-electron chi connectivity index (χ1n) is 15.4. The predicted molar refractivity (Wildman–Crippen MR) is 170 cm³/mol. The van der Waals surface area contributed by atoms with Crippen LogP contribution in [0.1, 0.15) is 57.8 Å². The van der Waals surface area contributed by atoms with Gasteiger partial charge in [0.15, 0.2) is 0 Å². The molecule has 0 spiro atoms. The van der Waals surface area contributed by atoms with Gasteiger partial charge in [0.1, 0.15) is 18.2 Å². The molecule has 236 valence electrons. The molecule has 1 heterocycles. The van der Waals surface area contributed by atoms with E-state index in [1.54, 1.807) is 20.8 Å². The molecular formula is C32H49N5O5Si. The number of aromatic nitrogens is 2. The van der Waals surface area contributed by atoms with Crippen molar-refractivity contribution >= 4 is 31.7 Å². The number of benzene rings is 1. The zero-order valence-corrected chi connectivity index (χ0v) is 28.0. The fraction of sp³-hybridized carbons (Fsp3) is 0.625. The minimum Gasteiger partial charge on any atom is -0.443 e. The standard InChI is InChI=1S/C32H49N5O5Si/c1-20-26(21(2)37(36-20)19-41-17-18-43(6,7)8)22-13-15-25(16-14-22)33-29(38)28(27(23-9-10-23)24-11-12-24)30(39)34-35-31(40)42-32(3,4)5/h13-16,23-24,27-28H,9-12,17-19H2,1-8H3,(H,33,38)(H,34,39)(H,35,40). The Bertz CT molecular complexity index is 1290. The Hall–Kier alpha value is -3.18. The van der Waals surface area contributed by atoms with Crippen LogP contribution < -0.4 is 16.2 Å². The number of amides is 3. The van der Waals surface area contributed by atoms with Crippen molar-refractivity contribution in [2.75, 3.05) is 11.9 Å². The maximum atomic E-state index is 13.6. The van der Waals surface area contributed by atoms with Gasteiger partial charge in [0.25, 0.3) is 5.91 Å². The second kappa shape index (κ2) is 13.2. The first-order valence-corrected chi connectivity index (χ1v) is 19.2. The summed E-state index contributed by atoms with van der Waals surface area (Å²) in [6.45, 7) is 17.4. The molecule has 0 aliphatic heterocycles. The fourth-order valence-corrected chi connectivity index (χ4v) is 6.32. The average Bonchev–Trinajstić information content (AvgIpc) is 3.82. The molecule has 0 bridgehead atoms. The lowest BCUT2D eigenvalue weighted by Gasteiger charge is -2.26. The summed E-state index contributed by atoms with van der Waals surface area (Å²) >= 11 is 0. The number of anilines is 1. The summed E-state index contributed by atoms with van der Waals surface area (Å²) in [4.78, 5) is 39.1. The van der Waals surface area contributed by atoms with Crippen LogP contribution in [0.3, 0.4) is 0 Å². The lowest BCUT2D eigenvalue weighted by molar-refractivity contribution is -0.136. The van der Waals surface area contributed by atoms with Gasteiger partial charge in [-0.05, 0) is 102 Å². The molecule has 3 amide bonds. The van der Waals surface area contributed by atoms with Crippen LogP contribution in [0.5, 0.6) is 0 Å². The van der Waals surface area contributed by atoms with E-state index in [1.807, 2.05) is 42.8 Å². The Morgan fingerprint density at radius 2 is 1.58 bits per heavy atom. The van der Waals surface area contributed by atoms with Gasteiger partial charge in [-0.25, -0.2) is 14.9 Å². The number of nitrogens with one attached hydrogen (secondary N) is 3. The van der Waals surface area contributed by atoms with Crippen LogP contribution in [-0.2, 0) is 25.8 Å². The number of hydrazine groups is 1. The van der Waals surface area contributed by atoms with E-state index in [-0.39, 0.29) is 11.8 Å². The smallest absolute Gasteiger partial charge is 0.426 e. The Balaban J connectivity index is 1.43. The van der Waals surface area contributed by atoms with Gasteiger partial charge in [0.05, 0.1) is 5.69 Å². The molecule has 1 unspecified atom stereocenters. The van der Waals surface area contributed by atoms with Gasteiger partial charge in [-0.15, -0.1) is 0 Å². The third kappa shape index (κ3) is 9.40. The highest BCUT2D eigenvalue weighted by atomic mass is 28.3. The first kappa shape index (κ1) is 32.7. The number of hydrogen-bond donors (Lipinski definition) is 3. The molecule has 2 fully saturated rings.